The molecule has 0 unspecified atom stereocenters. The number of rotatable bonds is 15. The molecule has 25 heavy (non-hydrogen) atoms. The number of methoxy groups -OCH3 is 2. The van der Waals surface area contributed by atoms with Crippen molar-refractivity contribution in [3.63, 3.8) is 0 Å². The van der Waals surface area contributed by atoms with Gasteiger partial charge in [-0.1, -0.05) is 65.2 Å². The molecule has 0 heterocycles. The van der Waals surface area contributed by atoms with E-state index >= 15 is 0 Å². The number of benzene rings is 1. The highest BCUT2D eigenvalue weighted by atomic mass is 16.5. The Labute approximate surface area is 155 Å². The molecule has 0 saturated carbocycles. The Kier molecular flexibility index (Phi) is 12.0. The van der Waals surface area contributed by atoms with Crippen LogP contribution in [0.2, 0.25) is 0 Å². The van der Waals surface area contributed by atoms with Crippen LogP contribution in [0.25, 0.3) is 0 Å². The average Bonchev–Trinajstić information content (AvgIpc) is 2.65. The monoisotopic (exact) mass is 349 g/mol. The van der Waals surface area contributed by atoms with Crippen LogP contribution in [-0.2, 0) is 0 Å². The normalized spacial score (nSPS) is 10.7. The first kappa shape index (κ1) is 21.7. The number of ether oxygens (including phenoxy) is 2. The van der Waals surface area contributed by atoms with Gasteiger partial charge in [0.25, 0.3) is 0 Å². The molecule has 3 nitrogen and oxygen atoms in total. The quantitative estimate of drug-likeness (QED) is 0.340. The van der Waals surface area contributed by atoms with Gasteiger partial charge in [-0.3, -0.25) is 0 Å². The van der Waals surface area contributed by atoms with Crippen LogP contribution in [0.15, 0.2) is 18.2 Å². The summed E-state index contributed by atoms with van der Waals surface area (Å²) in [7, 11) is 3.40. The molecule has 0 atom stereocenters. The highest BCUT2D eigenvalue weighted by Gasteiger charge is 2.10. The molecule has 0 spiro atoms. The number of anilines is 1. The topological polar surface area (TPSA) is 21.7 Å². The van der Waals surface area contributed by atoms with Gasteiger partial charge >= 0.3 is 0 Å². The lowest BCUT2D eigenvalue weighted by molar-refractivity contribution is 0.355. The van der Waals surface area contributed by atoms with Crippen molar-refractivity contribution in [3.05, 3.63) is 18.2 Å². The second-order valence-corrected chi connectivity index (χ2v) is 6.85. The molecule has 0 amide bonds. The highest BCUT2D eigenvalue weighted by Crippen LogP contribution is 2.31. The molecule has 1 aromatic carbocycles. The molecule has 0 aliphatic rings. The zero-order valence-electron chi connectivity index (χ0n) is 17.0. The minimum Gasteiger partial charge on any atom is -0.493 e. The number of hydrogen-bond donors (Lipinski definition) is 0. The van der Waals surface area contributed by atoms with Crippen LogP contribution >= 0.6 is 0 Å². The van der Waals surface area contributed by atoms with Crippen molar-refractivity contribution in [1.82, 2.24) is 0 Å². The van der Waals surface area contributed by atoms with E-state index in [9.17, 15) is 0 Å². The summed E-state index contributed by atoms with van der Waals surface area (Å²) in [6.07, 6.45) is 13.2. The van der Waals surface area contributed by atoms with E-state index in [0.717, 1.165) is 24.6 Å². The molecule has 3 heteroatoms. The van der Waals surface area contributed by atoms with Crippen LogP contribution < -0.4 is 14.4 Å². The Morgan fingerprint density at radius 3 is 1.68 bits per heavy atom. The summed E-state index contributed by atoms with van der Waals surface area (Å²) in [5.41, 5.74) is 1.25. The summed E-state index contributed by atoms with van der Waals surface area (Å²) in [4.78, 5) is 2.53. The van der Waals surface area contributed by atoms with Crippen molar-refractivity contribution >= 4 is 5.69 Å². The fourth-order valence-electron chi connectivity index (χ4n) is 3.20. The van der Waals surface area contributed by atoms with Crippen molar-refractivity contribution in [2.45, 2.75) is 78.1 Å². The van der Waals surface area contributed by atoms with Crippen molar-refractivity contribution in [1.29, 1.82) is 0 Å². The average molecular weight is 350 g/mol. The second-order valence-electron chi connectivity index (χ2n) is 6.85. The molecule has 0 radical (unpaired) electrons. The van der Waals surface area contributed by atoms with Gasteiger partial charge in [-0.2, -0.15) is 0 Å². The maximum absolute atomic E-state index is 5.49. The van der Waals surface area contributed by atoms with Gasteiger partial charge in [-0.25, -0.2) is 0 Å². The molecule has 144 valence electrons. The highest BCUT2D eigenvalue weighted by molar-refractivity contribution is 5.56. The van der Waals surface area contributed by atoms with E-state index in [1.54, 1.807) is 14.2 Å². The molecule has 0 aliphatic heterocycles. The molecule has 0 saturated heterocycles. The summed E-state index contributed by atoms with van der Waals surface area (Å²) in [5.74, 6) is 1.62. The summed E-state index contributed by atoms with van der Waals surface area (Å²) in [5, 5.41) is 0. The molecule has 0 bridgehead atoms. The summed E-state index contributed by atoms with van der Waals surface area (Å²) >= 11 is 0. The first-order valence-corrected chi connectivity index (χ1v) is 10.2. The molecule has 0 aliphatic carbocycles. The maximum Gasteiger partial charge on any atom is 0.162 e. The third-order valence-electron chi connectivity index (χ3n) is 4.80. The van der Waals surface area contributed by atoms with Crippen LogP contribution in [0.4, 0.5) is 5.69 Å². The Morgan fingerprint density at radius 1 is 0.680 bits per heavy atom. The fraction of sp³-hybridized carbons (Fsp3) is 0.727. The molecular formula is C22H39NO2. The van der Waals surface area contributed by atoms with E-state index in [4.69, 9.17) is 9.47 Å². The number of hydrogen-bond acceptors (Lipinski definition) is 3. The predicted octanol–water partition coefficient (Wildman–Crippen LogP) is 6.45. The van der Waals surface area contributed by atoms with Crippen LogP contribution in [-0.4, -0.2) is 27.3 Å². The van der Waals surface area contributed by atoms with Crippen molar-refractivity contribution in [2.75, 3.05) is 32.2 Å². The minimum atomic E-state index is 0.803. The molecule has 0 fully saturated rings. The third-order valence-corrected chi connectivity index (χ3v) is 4.80. The van der Waals surface area contributed by atoms with E-state index in [2.05, 4.69) is 30.9 Å². The van der Waals surface area contributed by atoms with Gasteiger partial charge in [-0.15, -0.1) is 0 Å². The Bertz CT molecular complexity index is 434. The molecule has 0 N–H and O–H groups in total. The van der Waals surface area contributed by atoms with Gasteiger partial charge in [0.2, 0.25) is 0 Å². The standard InChI is InChI=1S/C22H39NO2/c1-5-7-9-11-13-17-23(18-14-12-10-8-6-2)20-15-16-21(24-3)22(19-20)25-4/h15-16,19H,5-14,17-18H2,1-4H3. The van der Waals surface area contributed by atoms with Crippen molar-refractivity contribution < 1.29 is 9.47 Å². The van der Waals surface area contributed by atoms with Gasteiger partial charge < -0.3 is 14.4 Å². The van der Waals surface area contributed by atoms with E-state index in [-0.39, 0.29) is 0 Å². The Morgan fingerprint density at radius 2 is 1.20 bits per heavy atom. The van der Waals surface area contributed by atoms with E-state index in [0.29, 0.717) is 0 Å². The lowest BCUT2D eigenvalue weighted by Crippen LogP contribution is -2.25. The third kappa shape index (κ3) is 8.51. The maximum atomic E-state index is 5.49. The minimum absolute atomic E-state index is 0.803. The van der Waals surface area contributed by atoms with E-state index in [1.807, 2.05) is 6.07 Å². The van der Waals surface area contributed by atoms with Gasteiger partial charge in [0.15, 0.2) is 11.5 Å². The van der Waals surface area contributed by atoms with Crippen LogP contribution in [0.5, 0.6) is 11.5 Å². The van der Waals surface area contributed by atoms with Crippen molar-refractivity contribution in [3.8, 4) is 11.5 Å². The van der Waals surface area contributed by atoms with Crippen LogP contribution in [0.1, 0.15) is 78.1 Å². The lowest BCUT2D eigenvalue weighted by atomic mass is 10.1. The van der Waals surface area contributed by atoms with E-state index in [1.165, 1.54) is 69.9 Å². The molecular weight excluding hydrogens is 310 g/mol. The Hall–Kier alpha value is -1.38. The van der Waals surface area contributed by atoms with Crippen LogP contribution in [0, 0.1) is 0 Å². The van der Waals surface area contributed by atoms with Gasteiger partial charge in [0, 0.05) is 24.8 Å². The lowest BCUT2D eigenvalue weighted by Gasteiger charge is -2.26. The van der Waals surface area contributed by atoms with Gasteiger partial charge in [0.1, 0.15) is 0 Å². The zero-order chi connectivity index (χ0) is 18.3. The zero-order valence-corrected chi connectivity index (χ0v) is 17.0. The number of unbranched alkanes of at least 4 members (excludes halogenated alkanes) is 8. The fourth-order valence-corrected chi connectivity index (χ4v) is 3.20. The summed E-state index contributed by atoms with van der Waals surface area (Å²) in [6, 6.07) is 6.31. The SMILES string of the molecule is CCCCCCCN(CCCCCCC)c1ccc(OC)c(OC)c1. The van der Waals surface area contributed by atoms with E-state index < -0.39 is 0 Å². The molecule has 1 rings (SSSR count). The van der Waals surface area contributed by atoms with Gasteiger partial charge in [-0.05, 0) is 25.0 Å². The van der Waals surface area contributed by atoms with Crippen molar-refractivity contribution in [2.24, 2.45) is 0 Å². The molecule has 1 aromatic rings. The van der Waals surface area contributed by atoms with Gasteiger partial charge in [0.05, 0.1) is 14.2 Å². The summed E-state index contributed by atoms with van der Waals surface area (Å²) < 4.78 is 10.9. The van der Waals surface area contributed by atoms with Crippen LogP contribution in [0.3, 0.4) is 0 Å². The Balaban J connectivity index is 2.64. The smallest absolute Gasteiger partial charge is 0.162 e. The number of nitrogens with zero attached hydrogens (tertiary/aromatic N) is 1. The predicted molar refractivity (Wildman–Crippen MR) is 109 cm³/mol. The summed E-state index contributed by atoms with van der Waals surface area (Å²) in [6.45, 7) is 6.80. The first-order valence-electron chi connectivity index (χ1n) is 10.2. The first-order chi connectivity index (χ1) is 12.3. The largest absolute Gasteiger partial charge is 0.493 e. The second kappa shape index (κ2) is 13.9. The molecule has 0 aromatic heterocycles.